The summed E-state index contributed by atoms with van der Waals surface area (Å²) in [6.07, 6.45) is 3.21. The molecule has 1 N–H and O–H groups in total. The number of hydrogen-bond donors (Lipinski definition) is 1. The molecule has 0 aliphatic carbocycles. The van der Waals surface area contributed by atoms with Crippen molar-refractivity contribution in [1.29, 1.82) is 0 Å². The van der Waals surface area contributed by atoms with Gasteiger partial charge in [0.15, 0.2) is 0 Å². The molecule has 6 nitrogen and oxygen atoms in total. The molecule has 1 fully saturated rings. The number of halogens is 1. The Bertz CT molecular complexity index is 1080. The summed E-state index contributed by atoms with van der Waals surface area (Å²) < 4.78 is 13.6. The summed E-state index contributed by atoms with van der Waals surface area (Å²) in [5, 5.41) is 3.84. The average Bonchev–Trinajstić information content (AvgIpc) is 3.44. The number of benzene rings is 2. The van der Waals surface area contributed by atoms with Gasteiger partial charge in [-0.2, -0.15) is 0 Å². The van der Waals surface area contributed by atoms with E-state index in [2.05, 4.69) is 16.0 Å². The molecule has 1 aliphatic rings. The van der Waals surface area contributed by atoms with Gasteiger partial charge in [0, 0.05) is 18.2 Å². The summed E-state index contributed by atoms with van der Waals surface area (Å²) in [4.78, 5) is 17.4. The number of ether oxygens (including phenoxy) is 2. The summed E-state index contributed by atoms with van der Waals surface area (Å²) in [7, 11) is 0. The van der Waals surface area contributed by atoms with Crippen molar-refractivity contribution in [3.8, 4) is 5.75 Å². The number of aromatic nitrogens is 2. The van der Waals surface area contributed by atoms with Gasteiger partial charge < -0.3 is 19.4 Å². The number of para-hydroxylation sites is 2. The van der Waals surface area contributed by atoms with Crippen molar-refractivity contribution >= 4 is 28.5 Å². The number of nitrogens with one attached hydrogen (secondary N) is 1. The fraction of sp³-hybridized carbons (Fsp3) is 0.440. The number of amides is 1. The number of unbranched alkanes of at least 4 members (excludes halogenated alkanes) is 1. The summed E-state index contributed by atoms with van der Waals surface area (Å²) in [6.45, 7) is 6.05. The molecule has 0 saturated carbocycles. The van der Waals surface area contributed by atoms with Crippen LogP contribution in [0.3, 0.4) is 0 Å². The van der Waals surface area contributed by atoms with Crippen LogP contribution < -0.4 is 10.1 Å². The summed E-state index contributed by atoms with van der Waals surface area (Å²) in [5.41, 5.74) is 3.03. The lowest BCUT2D eigenvalue weighted by atomic mass is 10.2. The zero-order valence-corrected chi connectivity index (χ0v) is 19.4. The Hall–Kier alpha value is -2.57. The van der Waals surface area contributed by atoms with Gasteiger partial charge in [0.1, 0.15) is 17.7 Å². The lowest BCUT2D eigenvalue weighted by Gasteiger charge is -2.18. The standard InChI is InChI=1S/C25H30ClN3O3/c1-17-16-19(11-12-20(17)26)31-14-6-5-13-29-22-9-4-3-8-21(22)28-24(29)18(2)27-25(30)23-10-7-15-32-23/h3-4,8-9,11-12,16,18,23H,5-7,10,13-15H2,1-2H3,(H,27,30). The highest BCUT2D eigenvalue weighted by atomic mass is 35.5. The van der Waals surface area contributed by atoms with Gasteiger partial charge in [0.2, 0.25) is 5.91 Å². The van der Waals surface area contributed by atoms with Crippen molar-refractivity contribution in [1.82, 2.24) is 14.9 Å². The van der Waals surface area contributed by atoms with Crippen LogP contribution in [0.15, 0.2) is 42.5 Å². The van der Waals surface area contributed by atoms with E-state index in [4.69, 9.17) is 26.1 Å². The van der Waals surface area contributed by atoms with Gasteiger partial charge in [0.05, 0.1) is 23.7 Å². The topological polar surface area (TPSA) is 65.4 Å². The molecule has 4 rings (SSSR count). The van der Waals surface area contributed by atoms with Gasteiger partial charge in [-0.25, -0.2) is 4.98 Å². The Kier molecular flexibility index (Phi) is 7.33. The van der Waals surface area contributed by atoms with Crippen LogP contribution in [0.25, 0.3) is 11.0 Å². The molecule has 3 aromatic rings. The predicted octanol–water partition coefficient (Wildman–Crippen LogP) is 5.21. The first-order valence-corrected chi connectivity index (χ1v) is 11.7. The average molecular weight is 456 g/mol. The van der Waals surface area contributed by atoms with Crippen molar-refractivity contribution in [2.24, 2.45) is 0 Å². The maximum Gasteiger partial charge on any atom is 0.249 e. The number of aryl methyl sites for hydroxylation is 2. The summed E-state index contributed by atoms with van der Waals surface area (Å²) in [5.74, 6) is 1.65. The van der Waals surface area contributed by atoms with Crippen molar-refractivity contribution in [3.63, 3.8) is 0 Å². The predicted molar refractivity (Wildman–Crippen MR) is 126 cm³/mol. The molecule has 170 valence electrons. The third-order valence-electron chi connectivity index (χ3n) is 5.83. The lowest BCUT2D eigenvalue weighted by Crippen LogP contribution is -2.36. The van der Waals surface area contributed by atoms with E-state index >= 15 is 0 Å². The Labute approximate surface area is 193 Å². The maximum atomic E-state index is 12.5. The summed E-state index contributed by atoms with van der Waals surface area (Å²) >= 11 is 6.08. The maximum absolute atomic E-state index is 12.5. The van der Waals surface area contributed by atoms with Gasteiger partial charge in [-0.15, -0.1) is 0 Å². The first-order chi connectivity index (χ1) is 15.5. The van der Waals surface area contributed by atoms with Crippen molar-refractivity contribution in [2.75, 3.05) is 13.2 Å². The van der Waals surface area contributed by atoms with Crippen LogP contribution in [0.5, 0.6) is 5.75 Å². The number of imidazole rings is 1. The SMILES string of the molecule is Cc1cc(OCCCCn2c(C(C)NC(=O)C3CCCO3)nc3ccccc32)ccc1Cl. The van der Waals surface area contributed by atoms with E-state index in [0.29, 0.717) is 13.2 Å². The Morgan fingerprint density at radius 2 is 2.16 bits per heavy atom. The van der Waals surface area contributed by atoms with E-state index in [1.165, 1.54) is 0 Å². The van der Waals surface area contributed by atoms with Crippen LogP contribution in [-0.2, 0) is 16.1 Å². The first-order valence-electron chi connectivity index (χ1n) is 11.3. The number of carbonyl (C=O) groups excluding carboxylic acids is 1. The molecule has 2 unspecified atom stereocenters. The monoisotopic (exact) mass is 455 g/mol. The molecular formula is C25H30ClN3O3. The Balaban J connectivity index is 1.38. The molecule has 0 bridgehead atoms. The second kappa shape index (κ2) is 10.4. The van der Waals surface area contributed by atoms with Crippen molar-refractivity contribution in [2.45, 2.75) is 58.2 Å². The van der Waals surface area contributed by atoms with Crippen LogP contribution in [0.2, 0.25) is 5.02 Å². The van der Waals surface area contributed by atoms with Crippen molar-refractivity contribution in [3.05, 3.63) is 58.9 Å². The van der Waals surface area contributed by atoms with Gasteiger partial charge in [-0.1, -0.05) is 23.7 Å². The highest BCUT2D eigenvalue weighted by Crippen LogP contribution is 2.23. The normalized spacial score (nSPS) is 16.9. The molecule has 1 saturated heterocycles. The van der Waals surface area contributed by atoms with Gasteiger partial charge in [0.25, 0.3) is 0 Å². The van der Waals surface area contributed by atoms with Gasteiger partial charge >= 0.3 is 0 Å². The zero-order valence-electron chi connectivity index (χ0n) is 18.6. The molecule has 2 heterocycles. The molecule has 0 spiro atoms. The minimum atomic E-state index is -0.344. The highest BCUT2D eigenvalue weighted by molar-refractivity contribution is 6.31. The van der Waals surface area contributed by atoms with E-state index < -0.39 is 0 Å². The molecule has 1 aromatic heterocycles. The number of fused-ring (bicyclic) bond motifs is 1. The fourth-order valence-corrected chi connectivity index (χ4v) is 4.20. The molecule has 2 atom stereocenters. The number of rotatable bonds is 9. The van der Waals surface area contributed by atoms with E-state index in [1.54, 1.807) is 0 Å². The number of carbonyl (C=O) groups is 1. The van der Waals surface area contributed by atoms with Crippen molar-refractivity contribution < 1.29 is 14.3 Å². The van der Waals surface area contributed by atoms with E-state index in [0.717, 1.165) is 65.4 Å². The minimum absolute atomic E-state index is 0.0553. The van der Waals surface area contributed by atoms with E-state index in [9.17, 15) is 4.79 Å². The smallest absolute Gasteiger partial charge is 0.249 e. The lowest BCUT2D eigenvalue weighted by molar-refractivity contribution is -0.130. The quantitative estimate of drug-likeness (QED) is 0.449. The molecule has 2 aromatic carbocycles. The fourth-order valence-electron chi connectivity index (χ4n) is 4.08. The first kappa shape index (κ1) is 22.6. The third kappa shape index (κ3) is 5.25. The molecule has 1 amide bonds. The largest absolute Gasteiger partial charge is 0.494 e. The Morgan fingerprint density at radius 3 is 2.94 bits per heavy atom. The second-order valence-corrected chi connectivity index (χ2v) is 8.72. The molecule has 0 radical (unpaired) electrons. The van der Waals surface area contributed by atoms with E-state index in [-0.39, 0.29) is 18.1 Å². The molecular weight excluding hydrogens is 426 g/mol. The number of nitrogens with zero attached hydrogens (tertiary/aromatic N) is 2. The molecule has 32 heavy (non-hydrogen) atoms. The van der Waals surface area contributed by atoms with Crippen LogP contribution in [-0.4, -0.2) is 34.8 Å². The highest BCUT2D eigenvalue weighted by Gasteiger charge is 2.26. The van der Waals surface area contributed by atoms with Crippen LogP contribution in [0.1, 0.15) is 50.0 Å². The van der Waals surface area contributed by atoms with E-state index in [1.807, 2.05) is 50.2 Å². The van der Waals surface area contributed by atoms with Gasteiger partial charge in [-0.3, -0.25) is 4.79 Å². The zero-order chi connectivity index (χ0) is 22.5. The number of hydrogen-bond acceptors (Lipinski definition) is 4. The molecule has 7 heteroatoms. The third-order valence-corrected chi connectivity index (χ3v) is 6.25. The summed E-state index contributed by atoms with van der Waals surface area (Å²) in [6, 6.07) is 13.6. The van der Waals surface area contributed by atoms with Crippen LogP contribution in [0.4, 0.5) is 0 Å². The minimum Gasteiger partial charge on any atom is -0.494 e. The van der Waals surface area contributed by atoms with Gasteiger partial charge in [-0.05, 0) is 75.4 Å². The Morgan fingerprint density at radius 1 is 1.31 bits per heavy atom. The molecule has 1 aliphatic heterocycles. The second-order valence-electron chi connectivity index (χ2n) is 8.31. The van der Waals surface area contributed by atoms with Crippen LogP contribution in [0, 0.1) is 6.92 Å². The van der Waals surface area contributed by atoms with Crippen LogP contribution >= 0.6 is 11.6 Å².